The standard InChI is InChI=1S/C44H41Cl2FN6O5/c1-51-16-15-36-35(23-51)49-42(52(36)2)43(54)50-34-11-5-10-32(38(34)46)29-8-4-9-31-30(29)12-13-37(31)58-41-33(45)19-28(22-53-17-14-27(21-53)44(55)56)40(39(41)47)57-24-26-7-3-6-25(18-26)20-48/h3-11,18-19,27,37H,12-17,21-24H2,1-2H3,(H,50,54)(H,55,56). The molecule has 0 saturated carbocycles. The smallest absolute Gasteiger partial charge is 0.307 e. The lowest BCUT2D eigenvalue weighted by molar-refractivity contribution is -0.141. The molecular weight excluding hydrogens is 782 g/mol. The molecule has 0 bridgehead atoms. The van der Waals surface area contributed by atoms with Crippen molar-refractivity contribution in [2.75, 3.05) is 32.0 Å². The Labute approximate surface area is 345 Å². The number of likely N-dealkylation sites (N-methyl/N-ethyl adjacent to an activating group) is 1. The summed E-state index contributed by atoms with van der Waals surface area (Å²) >= 11 is 13.8. The number of nitriles is 1. The summed E-state index contributed by atoms with van der Waals surface area (Å²) in [6.45, 7) is 2.64. The van der Waals surface area contributed by atoms with Gasteiger partial charge in [-0.1, -0.05) is 65.7 Å². The molecule has 0 radical (unpaired) electrons. The Bertz CT molecular complexity index is 2480. The summed E-state index contributed by atoms with van der Waals surface area (Å²) in [5, 5.41) is 22.4. The zero-order valence-electron chi connectivity index (χ0n) is 32.0. The van der Waals surface area contributed by atoms with Crippen LogP contribution in [0.15, 0.2) is 66.7 Å². The van der Waals surface area contributed by atoms with Gasteiger partial charge >= 0.3 is 5.97 Å². The van der Waals surface area contributed by atoms with Crippen molar-refractivity contribution in [3.8, 4) is 28.7 Å². The van der Waals surface area contributed by atoms with Gasteiger partial charge in [0.15, 0.2) is 17.3 Å². The van der Waals surface area contributed by atoms with Crippen molar-refractivity contribution < 1.29 is 28.6 Å². The van der Waals surface area contributed by atoms with Crippen molar-refractivity contribution in [3.63, 3.8) is 0 Å². The molecule has 58 heavy (non-hydrogen) atoms. The highest BCUT2D eigenvalue weighted by molar-refractivity contribution is 6.36. The summed E-state index contributed by atoms with van der Waals surface area (Å²) in [4.78, 5) is 34.0. The normalized spacial score (nSPS) is 17.7. The van der Waals surface area contributed by atoms with Gasteiger partial charge in [0.2, 0.25) is 5.82 Å². The first-order chi connectivity index (χ1) is 28.0. The van der Waals surface area contributed by atoms with Gasteiger partial charge < -0.3 is 29.4 Å². The van der Waals surface area contributed by atoms with Crippen molar-refractivity contribution in [2.45, 2.75) is 51.5 Å². The number of nitrogens with zero attached hydrogens (tertiary/aromatic N) is 5. The van der Waals surface area contributed by atoms with Gasteiger partial charge in [-0.2, -0.15) is 9.65 Å². The molecule has 2 atom stereocenters. The first-order valence-electron chi connectivity index (χ1n) is 19.2. The molecule has 3 heterocycles. The van der Waals surface area contributed by atoms with Crippen LogP contribution < -0.4 is 14.8 Å². The third-order valence-electron chi connectivity index (χ3n) is 11.3. The number of halogens is 3. The summed E-state index contributed by atoms with van der Waals surface area (Å²) in [6, 6.07) is 21.9. The molecule has 3 aliphatic rings. The maximum Gasteiger partial charge on any atom is 0.307 e. The molecule has 2 aliphatic heterocycles. The van der Waals surface area contributed by atoms with Crippen LogP contribution in [0.5, 0.6) is 11.5 Å². The fourth-order valence-electron chi connectivity index (χ4n) is 8.33. The number of carbonyl (C=O) groups excluding carboxylic acids is 1. The molecule has 2 N–H and O–H groups in total. The molecule has 1 saturated heterocycles. The Hall–Kier alpha value is -5.45. The quantitative estimate of drug-likeness (QED) is 0.135. The number of fused-ring (bicyclic) bond motifs is 2. The molecule has 14 heteroatoms. The van der Waals surface area contributed by atoms with Crippen molar-refractivity contribution in [1.29, 1.82) is 5.26 Å². The number of rotatable bonds is 11. The van der Waals surface area contributed by atoms with E-state index in [4.69, 9.17) is 32.7 Å². The second kappa shape index (κ2) is 16.4. The highest BCUT2D eigenvalue weighted by atomic mass is 35.5. The molecule has 1 fully saturated rings. The lowest BCUT2D eigenvalue weighted by atomic mass is 9.96. The molecule has 5 aromatic rings. The fraction of sp³-hybridized carbons (Fsp3) is 0.318. The summed E-state index contributed by atoms with van der Waals surface area (Å²) in [7, 11) is 3.90. The largest absolute Gasteiger partial charge is 0.485 e. The minimum absolute atomic E-state index is 0.0183. The van der Waals surface area contributed by atoms with Crippen LogP contribution in [0.2, 0.25) is 10.0 Å². The van der Waals surface area contributed by atoms with E-state index in [0.717, 1.165) is 46.6 Å². The molecule has 8 rings (SSSR count). The van der Waals surface area contributed by atoms with Crippen LogP contribution >= 0.6 is 23.2 Å². The summed E-state index contributed by atoms with van der Waals surface area (Å²) in [6.07, 6.45) is 1.92. The number of carbonyl (C=O) groups is 2. The molecule has 1 aliphatic carbocycles. The van der Waals surface area contributed by atoms with Crippen LogP contribution in [0.1, 0.15) is 68.8 Å². The molecule has 0 spiro atoms. The van der Waals surface area contributed by atoms with Gasteiger partial charge in [-0.3, -0.25) is 14.5 Å². The van der Waals surface area contributed by atoms with Crippen LogP contribution in [0, 0.1) is 23.1 Å². The minimum atomic E-state index is -0.863. The fourth-order valence-corrected chi connectivity index (χ4v) is 8.86. The first kappa shape index (κ1) is 39.4. The van der Waals surface area contributed by atoms with Gasteiger partial charge in [-0.05, 0) is 79.4 Å². The summed E-state index contributed by atoms with van der Waals surface area (Å²) in [5.74, 6) is -2.35. The van der Waals surface area contributed by atoms with Crippen molar-refractivity contribution in [1.82, 2.24) is 19.4 Å². The molecule has 11 nitrogen and oxygen atoms in total. The highest BCUT2D eigenvalue weighted by Crippen LogP contribution is 2.46. The number of carboxylic acid groups (broad SMARTS) is 1. The Morgan fingerprint density at radius 3 is 2.60 bits per heavy atom. The van der Waals surface area contributed by atoms with Gasteiger partial charge in [-0.25, -0.2) is 4.98 Å². The van der Waals surface area contributed by atoms with E-state index in [1.165, 1.54) is 0 Å². The van der Waals surface area contributed by atoms with E-state index in [1.54, 1.807) is 36.4 Å². The number of ether oxygens (including phenoxy) is 2. The number of aliphatic carboxylic acids is 1. The van der Waals surface area contributed by atoms with Crippen molar-refractivity contribution in [3.05, 3.63) is 128 Å². The SMILES string of the molecule is CN1CCc2c(nc(C(=O)Nc3cccc(-c4cccc5c4CCC5Oc4c(Cl)cc(CN5CCC(C(=O)O)C5)c(OCc5cccc(C#N)c5)c4F)c3Cl)n2C)C1. The van der Waals surface area contributed by atoms with Crippen LogP contribution in [-0.4, -0.2) is 63.0 Å². The Morgan fingerprint density at radius 1 is 1.02 bits per heavy atom. The van der Waals surface area contributed by atoms with E-state index in [9.17, 15) is 20.0 Å². The maximum absolute atomic E-state index is 16.8. The van der Waals surface area contributed by atoms with Crippen molar-refractivity contribution >= 4 is 40.8 Å². The number of likely N-dealkylation sites (tertiary alicyclic amines) is 1. The third-order valence-corrected chi connectivity index (χ3v) is 12.0. The van der Waals surface area contributed by atoms with E-state index in [1.807, 2.05) is 53.9 Å². The van der Waals surface area contributed by atoms with Gasteiger partial charge in [0.1, 0.15) is 12.7 Å². The van der Waals surface area contributed by atoms with Gasteiger partial charge in [0.25, 0.3) is 5.91 Å². The number of amides is 1. The number of aromatic nitrogens is 2. The number of hydrogen-bond acceptors (Lipinski definition) is 8. The Kier molecular flexibility index (Phi) is 11.2. The van der Waals surface area contributed by atoms with Crippen LogP contribution in [0.4, 0.5) is 10.1 Å². The van der Waals surface area contributed by atoms with Gasteiger partial charge in [-0.15, -0.1) is 0 Å². The van der Waals surface area contributed by atoms with E-state index >= 15 is 4.39 Å². The number of carboxylic acids is 1. The van der Waals surface area contributed by atoms with Crippen LogP contribution in [0.3, 0.4) is 0 Å². The molecule has 298 valence electrons. The Morgan fingerprint density at radius 2 is 1.81 bits per heavy atom. The average molecular weight is 824 g/mol. The lowest BCUT2D eigenvalue weighted by Gasteiger charge is -2.23. The topological polar surface area (TPSA) is 133 Å². The second-order valence-electron chi connectivity index (χ2n) is 15.2. The highest BCUT2D eigenvalue weighted by Gasteiger charge is 2.33. The molecule has 1 amide bonds. The summed E-state index contributed by atoms with van der Waals surface area (Å²) in [5.41, 5.74) is 7.46. The van der Waals surface area contributed by atoms with E-state index in [2.05, 4.69) is 21.3 Å². The average Bonchev–Trinajstić information content (AvgIpc) is 3.94. The van der Waals surface area contributed by atoms with Gasteiger partial charge in [0, 0.05) is 56.5 Å². The zero-order chi connectivity index (χ0) is 40.7. The maximum atomic E-state index is 16.8. The number of imidazole rings is 1. The monoisotopic (exact) mass is 822 g/mol. The number of hydrogen-bond donors (Lipinski definition) is 2. The molecular formula is C44H41Cl2FN6O5. The Balaban J connectivity index is 1.06. The zero-order valence-corrected chi connectivity index (χ0v) is 33.5. The number of nitrogens with one attached hydrogen (secondary N) is 1. The van der Waals surface area contributed by atoms with Crippen molar-refractivity contribution in [2.24, 2.45) is 13.0 Å². The second-order valence-corrected chi connectivity index (χ2v) is 16.0. The number of benzene rings is 4. The van der Waals surface area contributed by atoms with Crippen LogP contribution in [0.25, 0.3) is 11.1 Å². The predicted octanol–water partition coefficient (Wildman–Crippen LogP) is 8.20. The summed E-state index contributed by atoms with van der Waals surface area (Å²) < 4.78 is 31.2. The number of anilines is 1. The predicted molar refractivity (Wildman–Crippen MR) is 218 cm³/mol. The minimum Gasteiger partial charge on any atom is -0.485 e. The molecule has 4 aromatic carbocycles. The lowest BCUT2D eigenvalue weighted by Crippen LogP contribution is -2.27. The van der Waals surface area contributed by atoms with E-state index in [0.29, 0.717) is 72.1 Å². The van der Waals surface area contributed by atoms with E-state index < -0.39 is 23.8 Å². The molecule has 2 unspecified atom stereocenters. The van der Waals surface area contributed by atoms with E-state index in [-0.39, 0.29) is 35.6 Å². The van der Waals surface area contributed by atoms with Crippen LogP contribution in [-0.2, 0) is 44.4 Å². The first-order valence-corrected chi connectivity index (χ1v) is 19.9. The molecule has 1 aromatic heterocycles. The third kappa shape index (κ3) is 7.75. The van der Waals surface area contributed by atoms with Gasteiger partial charge in [0.05, 0.1) is 39.0 Å².